The summed E-state index contributed by atoms with van der Waals surface area (Å²) in [5.41, 5.74) is 0. The van der Waals surface area contributed by atoms with Gasteiger partial charge in [-0.25, -0.2) is 4.79 Å². The van der Waals surface area contributed by atoms with E-state index in [2.05, 4.69) is 11.3 Å². The van der Waals surface area contributed by atoms with Crippen molar-refractivity contribution < 1.29 is 19.4 Å². The number of carboxylic acid groups (broad SMARTS) is 1. The number of hydrogen-bond donors (Lipinski definition) is 1. The van der Waals surface area contributed by atoms with Gasteiger partial charge in [-0.05, 0) is 0 Å². The van der Waals surface area contributed by atoms with Gasteiger partial charge in [0.1, 0.15) is 6.61 Å². The van der Waals surface area contributed by atoms with Crippen molar-refractivity contribution in [3.8, 4) is 0 Å². The predicted octanol–water partition coefficient (Wildman–Crippen LogP) is 0.687. The first-order chi connectivity index (χ1) is 6.49. The van der Waals surface area contributed by atoms with Crippen molar-refractivity contribution in [3.05, 3.63) is 12.7 Å². The van der Waals surface area contributed by atoms with Gasteiger partial charge < -0.3 is 14.7 Å². The van der Waals surface area contributed by atoms with Gasteiger partial charge in [0.25, 0.3) is 0 Å². The summed E-state index contributed by atoms with van der Waals surface area (Å²) >= 11 is 5.65. The fourth-order valence-corrected chi connectivity index (χ4v) is 1.33. The van der Waals surface area contributed by atoms with Crippen molar-refractivity contribution in [1.82, 2.24) is 4.90 Å². The normalized spacial score (nSPS) is 18.2. The van der Waals surface area contributed by atoms with Crippen molar-refractivity contribution in [1.29, 1.82) is 0 Å². The van der Waals surface area contributed by atoms with Crippen LogP contribution in [-0.2, 0) is 9.53 Å². The summed E-state index contributed by atoms with van der Waals surface area (Å²) in [6.07, 6.45) is 0.866. The molecular formula is C8H10ClNO4. The zero-order chi connectivity index (χ0) is 10.8. The summed E-state index contributed by atoms with van der Waals surface area (Å²) < 4.78 is 4.69. The summed E-state index contributed by atoms with van der Waals surface area (Å²) in [7, 11) is 0. The molecule has 1 aliphatic rings. The molecule has 1 rings (SSSR count). The van der Waals surface area contributed by atoms with E-state index in [4.69, 9.17) is 16.7 Å². The fraction of sp³-hybridized carbons (Fsp3) is 0.500. The zero-order valence-corrected chi connectivity index (χ0v) is 8.16. The second kappa shape index (κ2) is 3.88. The molecule has 6 heteroatoms. The van der Waals surface area contributed by atoms with Crippen molar-refractivity contribution in [2.24, 2.45) is 0 Å². The molecule has 0 spiro atoms. The van der Waals surface area contributed by atoms with E-state index in [9.17, 15) is 9.59 Å². The van der Waals surface area contributed by atoms with Gasteiger partial charge in [-0.15, -0.1) is 11.6 Å². The van der Waals surface area contributed by atoms with E-state index < -0.39 is 16.9 Å². The molecule has 1 saturated heterocycles. The number of likely N-dealkylation sites (tertiary alicyclic amines) is 1. The predicted molar refractivity (Wildman–Crippen MR) is 49.3 cm³/mol. The summed E-state index contributed by atoms with van der Waals surface area (Å²) in [6, 6.07) is 0. The number of ether oxygens (including phenoxy) is 1. The first kappa shape index (κ1) is 10.8. The Morgan fingerprint density at radius 1 is 1.64 bits per heavy atom. The number of halogens is 1. The molecular weight excluding hydrogens is 210 g/mol. The van der Waals surface area contributed by atoms with Crippen LogP contribution in [0.2, 0.25) is 0 Å². The monoisotopic (exact) mass is 219 g/mol. The lowest BCUT2D eigenvalue weighted by Gasteiger charge is -2.41. The Bertz CT molecular complexity index is 273. The van der Waals surface area contributed by atoms with E-state index in [1.54, 1.807) is 0 Å². The lowest BCUT2D eigenvalue weighted by Crippen LogP contribution is -2.64. The van der Waals surface area contributed by atoms with Crippen molar-refractivity contribution in [3.63, 3.8) is 0 Å². The second-order valence-electron chi connectivity index (χ2n) is 2.99. The van der Waals surface area contributed by atoms with Gasteiger partial charge in [-0.1, -0.05) is 12.7 Å². The zero-order valence-electron chi connectivity index (χ0n) is 7.40. The van der Waals surface area contributed by atoms with E-state index in [1.807, 2.05) is 0 Å². The lowest BCUT2D eigenvalue weighted by molar-refractivity contribution is -0.144. The van der Waals surface area contributed by atoms with Crippen molar-refractivity contribution >= 4 is 23.7 Å². The van der Waals surface area contributed by atoms with Crippen molar-refractivity contribution in [2.45, 2.75) is 4.87 Å². The number of carbonyl (C=O) groups excluding carboxylic acids is 1. The van der Waals surface area contributed by atoms with E-state index >= 15 is 0 Å². The van der Waals surface area contributed by atoms with E-state index in [-0.39, 0.29) is 19.7 Å². The Labute approximate surface area is 85.9 Å². The number of alkyl halides is 1. The number of hydrogen-bond acceptors (Lipinski definition) is 3. The number of rotatable bonds is 3. The molecule has 1 fully saturated rings. The molecule has 1 amide bonds. The first-order valence-corrected chi connectivity index (χ1v) is 4.32. The highest BCUT2D eigenvalue weighted by Gasteiger charge is 2.50. The molecule has 1 heterocycles. The molecule has 0 atom stereocenters. The molecule has 0 radical (unpaired) electrons. The minimum absolute atomic E-state index is 0.0279. The molecule has 0 saturated carbocycles. The second-order valence-corrected chi connectivity index (χ2v) is 3.72. The molecule has 1 aliphatic heterocycles. The van der Waals surface area contributed by atoms with Crippen LogP contribution in [0.4, 0.5) is 4.79 Å². The minimum Gasteiger partial charge on any atom is -0.480 e. The van der Waals surface area contributed by atoms with Gasteiger partial charge in [0.15, 0.2) is 4.87 Å². The molecule has 0 aromatic rings. The molecule has 0 bridgehead atoms. The molecule has 78 valence electrons. The van der Waals surface area contributed by atoms with Crippen LogP contribution >= 0.6 is 11.6 Å². The van der Waals surface area contributed by atoms with Crippen LogP contribution < -0.4 is 0 Å². The van der Waals surface area contributed by atoms with Crippen LogP contribution in [0.1, 0.15) is 0 Å². The van der Waals surface area contributed by atoms with E-state index in [1.165, 1.54) is 11.0 Å². The third-order valence-corrected chi connectivity index (χ3v) is 2.25. The molecule has 0 unspecified atom stereocenters. The molecule has 0 aliphatic carbocycles. The average molecular weight is 220 g/mol. The fourth-order valence-electron chi connectivity index (χ4n) is 1.04. The minimum atomic E-state index is -1.34. The number of nitrogens with zero attached hydrogens (tertiary/aromatic N) is 1. The average Bonchev–Trinajstić information content (AvgIpc) is 2.08. The smallest absolute Gasteiger partial charge is 0.410 e. The lowest BCUT2D eigenvalue weighted by atomic mass is 10.0. The van der Waals surface area contributed by atoms with E-state index in [0.717, 1.165) is 0 Å². The Morgan fingerprint density at radius 2 is 2.21 bits per heavy atom. The highest BCUT2D eigenvalue weighted by molar-refractivity contribution is 6.35. The van der Waals surface area contributed by atoms with Gasteiger partial charge >= 0.3 is 12.1 Å². The Kier molecular flexibility index (Phi) is 3.00. The standard InChI is InChI=1S/C8H10ClNO4/c1-2-3-14-7(13)10-4-8(9,5-10)6(11)12/h2H,1,3-5H2,(H,11,12). The van der Waals surface area contributed by atoms with Crippen LogP contribution in [0.15, 0.2) is 12.7 Å². The summed E-state index contributed by atoms with van der Waals surface area (Å²) in [5.74, 6) is -1.12. The largest absolute Gasteiger partial charge is 0.480 e. The Balaban J connectivity index is 2.37. The molecule has 14 heavy (non-hydrogen) atoms. The van der Waals surface area contributed by atoms with Crippen LogP contribution in [0.5, 0.6) is 0 Å². The summed E-state index contributed by atoms with van der Waals surface area (Å²) in [4.78, 5) is 21.5. The first-order valence-electron chi connectivity index (χ1n) is 3.94. The third-order valence-electron chi connectivity index (χ3n) is 1.85. The van der Waals surface area contributed by atoms with Gasteiger partial charge in [0.2, 0.25) is 0 Å². The van der Waals surface area contributed by atoms with Crippen LogP contribution in [-0.4, -0.2) is 46.6 Å². The number of carboxylic acids is 1. The number of amides is 1. The van der Waals surface area contributed by atoms with Crippen molar-refractivity contribution in [2.75, 3.05) is 19.7 Å². The van der Waals surface area contributed by atoms with Crippen LogP contribution in [0, 0.1) is 0 Å². The van der Waals surface area contributed by atoms with Crippen LogP contribution in [0.25, 0.3) is 0 Å². The topological polar surface area (TPSA) is 66.8 Å². The van der Waals surface area contributed by atoms with Gasteiger partial charge in [0.05, 0.1) is 13.1 Å². The Morgan fingerprint density at radius 3 is 2.64 bits per heavy atom. The summed E-state index contributed by atoms with van der Waals surface area (Å²) in [6.45, 7) is 3.43. The van der Waals surface area contributed by atoms with Gasteiger partial charge in [-0.3, -0.25) is 4.79 Å². The molecule has 5 nitrogen and oxygen atoms in total. The maximum atomic E-state index is 11.1. The molecule has 0 aromatic heterocycles. The number of carbonyl (C=O) groups is 2. The SMILES string of the molecule is C=CCOC(=O)N1CC(Cl)(C(=O)O)C1. The molecule has 1 N–H and O–H groups in total. The summed E-state index contributed by atoms with van der Waals surface area (Å²) in [5, 5.41) is 8.64. The highest BCUT2D eigenvalue weighted by atomic mass is 35.5. The quantitative estimate of drug-likeness (QED) is 0.560. The van der Waals surface area contributed by atoms with E-state index in [0.29, 0.717) is 0 Å². The maximum Gasteiger partial charge on any atom is 0.410 e. The van der Waals surface area contributed by atoms with Gasteiger partial charge in [0, 0.05) is 0 Å². The third kappa shape index (κ3) is 1.98. The molecule has 0 aromatic carbocycles. The number of aliphatic carboxylic acids is 1. The van der Waals surface area contributed by atoms with Gasteiger partial charge in [-0.2, -0.15) is 0 Å². The highest BCUT2D eigenvalue weighted by Crippen LogP contribution is 2.28. The maximum absolute atomic E-state index is 11.1. The van der Waals surface area contributed by atoms with Crippen LogP contribution in [0.3, 0.4) is 0 Å². The Hall–Kier alpha value is -1.23.